The maximum atomic E-state index is 14.5. The van der Waals surface area contributed by atoms with E-state index in [1.54, 1.807) is 34.3 Å². The van der Waals surface area contributed by atoms with E-state index in [0.29, 0.717) is 37.7 Å². The molecule has 0 amide bonds. The average molecular weight is 887 g/mol. The number of rotatable bonds is 9. The molecule has 4 fully saturated rings. The Morgan fingerprint density at radius 1 is 0.857 bits per heavy atom. The van der Waals surface area contributed by atoms with Crippen LogP contribution in [0, 0.1) is 23.7 Å². The molecule has 5 unspecified atom stereocenters. The molecule has 354 valence electrons. The largest absolute Gasteiger partial charge is 0.462 e. The first-order valence-electron chi connectivity index (χ1n) is 23.2. The molecule has 2 N–H and O–H groups in total. The Hall–Kier alpha value is -2.31. The summed E-state index contributed by atoms with van der Waals surface area (Å²) in [5, 5.41) is 23.2. The van der Waals surface area contributed by atoms with Crippen LogP contribution in [0.15, 0.2) is 59.3 Å². The van der Waals surface area contributed by atoms with Crippen LogP contribution in [-0.2, 0) is 56.9 Å². The molecule has 0 saturated carbocycles. The summed E-state index contributed by atoms with van der Waals surface area (Å²) in [6.07, 6.45) is 9.95. The maximum Gasteiger partial charge on any atom is 0.316 e. The van der Waals surface area contributed by atoms with Crippen molar-refractivity contribution in [2.24, 2.45) is 23.7 Å². The van der Waals surface area contributed by atoms with Crippen LogP contribution in [0.3, 0.4) is 0 Å². The Balaban J connectivity index is 1.19. The molecular formula is C49H74O14. The van der Waals surface area contributed by atoms with Crippen LogP contribution in [0.4, 0.5) is 0 Å². The van der Waals surface area contributed by atoms with Gasteiger partial charge in [-0.1, -0.05) is 70.6 Å². The summed E-state index contributed by atoms with van der Waals surface area (Å²) in [6, 6.07) is 0. The Kier molecular flexibility index (Phi) is 15.7. The highest BCUT2D eigenvalue weighted by atomic mass is 16.7. The normalized spacial score (nSPS) is 47.7. The molecule has 0 radical (unpaired) electrons. The van der Waals surface area contributed by atoms with Crippen molar-refractivity contribution in [2.45, 2.75) is 191 Å². The predicted molar refractivity (Wildman–Crippen MR) is 232 cm³/mol. The molecular weight excluding hydrogens is 813 g/mol. The molecule has 63 heavy (non-hydrogen) atoms. The molecule has 7 aliphatic rings. The van der Waals surface area contributed by atoms with Crippen molar-refractivity contribution in [1.82, 2.24) is 0 Å². The van der Waals surface area contributed by atoms with E-state index >= 15 is 0 Å². The molecule has 0 aromatic carbocycles. The summed E-state index contributed by atoms with van der Waals surface area (Å²) in [4.78, 5) is 14.5. The zero-order chi connectivity index (χ0) is 45.4. The molecule has 7 rings (SSSR count). The van der Waals surface area contributed by atoms with Gasteiger partial charge in [0, 0.05) is 58.8 Å². The second-order valence-corrected chi connectivity index (χ2v) is 19.2. The molecule has 14 heteroatoms. The van der Waals surface area contributed by atoms with E-state index in [0.717, 1.165) is 17.6 Å². The van der Waals surface area contributed by atoms with E-state index in [1.165, 1.54) is 0 Å². The van der Waals surface area contributed by atoms with Gasteiger partial charge >= 0.3 is 5.97 Å². The number of ether oxygens (including phenoxy) is 11. The molecule has 4 saturated heterocycles. The number of methoxy groups -OCH3 is 3. The van der Waals surface area contributed by atoms with Crippen molar-refractivity contribution in [3.05, 3.63) is 59.3 Å². The number of esters is 1. The number of allylic oxidation sites excluding steroid dienone is 2. The van der Waals surface area contributed by atoms with Crippen molar-refractivity contribution in [3.8, 4) is 0 Å². The predicted octanol–water partition coefficient (Wildman–Crippen LogP) is 6.03. The number of hydrogen-bond acceptors (Lipinski definition) is 14. The van der Waals surface area contributed by atoms with Crippen LogP contribution < -0.4 is 0 Å². The van der Waals surface area contributed by atoms with Crippen molar-refractivity contribution < 1.29 is 67.1 Å². The van der Waals surface area contributed by atoms with Gasteiger partial charge in [0.05, 0.1) is 49.3 Å². The molecule has 1 spiro atoms. The lowest BCUT2D eigenvalue weighted by atomic mass is 9.70. The van der Waals surface area contributed by atoms with Crippen LogP contribution >= 0.6 is 0 Å². The van der Waals surface area contributed by atoms with E-state index in [-0.39, 0.29) is 42.7 Å². The highest BCUT2D eigenvalue weighted by molar-refractivity contribution is 5.78. The molecule has 0 aromatic rings. The monoisotopic (exact) mass is 887 g/mol. The minimum atomic E-state index is -1.71. The zero-order valence-corrected chi connectivity index (χ0v) is 39.2. The Bertz CT molecular complexity index is 1740. The Morgan fingerprint density at radius 2 is 1.57 bits per heavy atom. The summed E-state index contributed by atoms with van der Waals surface area (Å²) < 4.78 is 70.0. The number of carbonyl (C=O) groups excluding carboxylic acids is 1. The van der Waals surface area contributed by atoms with Crippen LogP contribution in [0.25, 0.3) is 0 Å². The Morgan fingerprint density at radius 3 is 2.29 bits per heavy atom. The van der Waals surface area contributed by atoms with Gasteiger partial charge in [0.25, 0.3) is 0 Å². The number of aliphatic hydroxyl groups excluding tert-OH is 1. The SMILES string of the molecule is CCC(C)[C@H]1OC2(C=C[C@@H]1C)C[C@H]1C[C@H](C/C=C(/C)C(O[C@H]3C[C@H](OC)[C@@H](O[C@H]4C[C@H](OC)[C@H](O)[C@H](C)O4)[C@@H](C)O3)[C@@H](C)/C=C\C=C3COC4[C@H](OC)C(C)=CC(C(=O)O1)[C@]34O)O2. The first-order valence-corrected chi connectivity index (χ1v) is 23.2. The fraction of sp³-hybridized carbons (Fsp3) is 0.776. The fourth-order valence-corrected chi connectivity index (χ4v) is 10.9. The van der Waals surface area contributed by atoms with Gasteiger partial charge in [-0.3, -0.25) is 4.79 Å². The van der Waals surface area contributed by atoms with Gasteiger partial charge in [0.2, 0.25) is 0 Å². The van der Waals surface area contributed by atoms with Gasteiger partial charge in [-0.2, -0.15) is 0 Å². The smallest absolute Gasteiger partial charge is 0.316 e. The second-order valence-electron chi connectivity index (χ2n) is 19.2. The minimum absolute atomic E-state index is 0.0805. The summed E-state index contributed by atoms with van der Waals surface area (Å²) in [7, 11) is 4.82. The fourth-order valence-electron chi connectivity index (χ4n) is 10.9. The lowest BCUT2D eigenvalue weighted by Gasteiger charge is -2.48. The van der Waals surface area contributed by atoms with E-state index in [4.69, 9.17) is 52.1 Å². The number of carbonyl (C=O) groups is 1. The minimum Gasteiger partial charge on any atom is -0.462 e. The van der Waals surface area contributed by atoms with Gasteiger partial charge in [-0.25, -0.2) is 0 Å². The van der Waals surface area contributed by atoms with Crippen molar-refractivity contribution >= 4 is 5.97 Å². The van der Waals surface area contributed by atoms with Gasteiger partial charge in [0.1, 0.15) is 42.0 Å². The van der Waals surface area contributed by atoms with E-state index in [2.05, 4.69) is 46.8 Å². The lowest BCUT2D eigenvalue weighted by Crippen LogP contribution is -2.58. The summed E-state index contributed by atoms with van der Waals surface area (Å²) in [6.45, 7) is 16.4. The molecule has 2 bridgehead atoms. The molecule has 1 aliphatic carbocycles. The zero-order valence-electron chi connectivity index (χ0n) is 39.2. The van der Waals surface area contributed by atoms with Gasteiger partial charge in [0.15, 0.2) is 18.4 Å². The molecule has 6 aliphatic heterocycles. The highest BCUT2D eigenvalue weighted by Gasteiger charge is 2.60. The summed E-state index contributed by atoms with van der Waals surface area (Å²) in [5.74, 6) is -2.35. The van der Waals surface area contributed by atoms with E-state index in [9.17, 15) is 15.0 Å². The average Bonchev–Trinajstić information content (AvgIpc) is 3.59. The third-order valence-electron chi connectivity index (χ3n) is 14.7. The van der Waals surface area contributed by atoms with Crippen molar-refractivity contribution in [2.75, 3.05) is 27.9 Å². The molecule has 20 atom stereocenters. The highest BCUT2D eigenvalue weighted by Crippen LogP contribution is 2.48. The van der Waals surface area contributed by atoms with E-state index < -0.39 is 90.8 Å². The van der Waals surface area contributed by atoms with Gasteiger partial charge in [-0.05, 0) is 62.8 Å². The second kappa shape index (κ2) is 20.3. The van der Waals surface area contributed by atoms with Crippen LogP contribution in [0.1, 0.15) is 93.9 Å². The van der Waals surface area contributed by atoms with Crippen LogP contribution in [-0.4, -0.2) is 141 Å². The third kappa shape index (κ3) is 10.0. The van der Waals surface area contributed by atoms with Gasteiger partial charge in [-0.15, -0.1) is 0 Å². The van der Waals surface area contributed by atoms with Crippen molar-refractivity contribution in [3.63, 3.8) is 0 Å². The topological polar surface area (TPSA) is 159 Å². The molecule has 0 aromatic heterocycles. The first-order chi connectivity index (χ1) is 30.0. The number of aliphatic hydroxyl groups is 2. The summed E-state index contributed by atoms with van der Waals surface area (Å²) in [5.41, 5.74) is 0.626. The van der Waals surface area contributed by atoms with Gasteiger partial charge < -0.3 is 62.3 Å². The standard InChI is InChI=1S/C49H74O14/c1-12-26(2)43-29(5)18-19-48(63-43)24-35-21-34(62-48)17-16-28(4)42(60-40-23-38(54-10)45(32(8)58-40)61-39-22-37(53-9)41(50)31(7)57-39)27(3)14-13-15-33-25-56-46-44(55-11)30(6)20-36(47(51)59-35)49(33,46)52/h13-16,18-20,26-27,29,31-32,34-46,50,52H,12,17,21-25H2,1-11H3/b14-13-,28-16-,33-15?/t26?,27-,29-,31-,32+,34-,35+,36?,37-,38-,39-,40-,41+,42?,43+,44+,45-,46?,48?,49+/m0/s1. The van der Waals surface area contributed by atoms with Crippen molar-refractivity contribution in [1.29, 1.82) is 0 Å². The maximum absolute atomic E-state index is 14.5. The molecule has 14 nitrogen and oxygen atoms in total. The Labute approximate surface area is 374 Å². The number of fused-ring (bicyclic) bond motifs is 2. The lowest BCUT2D eigenvalue weighted by molar-refractivity contribution is -0.318. The summed E-state index contributed by atoms with van der Waals surface area (Å²) >= 11 is 0. The third-order valence-corrected chi connectivity index (χ3v) is 14.7. The molecule has 6 heterocycles. The van der Waals surface area contributed by atoms with Crippen LogP contribution in [0.5, 0.6) is 0 Å². The quantitative estimate of drug-likeness (QED) is 0.204. The van der Waals surface area contributed by atoms with Crippen LogP contribution in [0.2, 0.25) is 0 Å². The number of hydrogen-bond donors (Lipinski definition) is 2. The van der Waals surface area contributed by atoms with E-state index in [1.807, 2.05) is 38.2 Å². The first kappa shape index (κ1) is 48.6.